The maximum absolute atomic E-state index is 6.03. The number of nitrogens with two attached hydrogens (primary N) is 1. The van der Waals surface area contributed by atoms with Crippen LogP contribution in [0.4, 0.5) is 0 Å². The van der Waals surface area contributed by atoms with E-state index in [9.17, 15) is 0 Å². The van der Waals surface area contributed by atoms with E-state index in [1.165, 1.54) is 0 Å². The summed E-state index contributed by atoms with van der Waals surface area (Å²) >= 11 is 6.03. The number of rotatable bonds is 1. The fourth-order valence-electron chi connectivity index (χ4n) is 1.40. The van der Waals surface area contributed by atoms with Crippen molar-refractivity contribution in [2.75, 3.05) is 0 Å². The summed E-state index contributed by atoms with van der Waals surface area (Å²) in [4.78, 5) is 7.18. The molecule has 0 aromatic carbocycles. The van der Waals surface area contributed by atoms with Gasteiger partial charge < -0.3 is 10.7 Å². The van der Waals surface area contributed by atoms with Gasteiger partial charge in [0.05, 0.1) is 5.02 Å². The van der Waals surface area contributed by atoms with E-state index in [1.54, 1.807) is 12.3 Å². The van der Waals surface area contributed by atoms with Crippen molar-refractivity contribution in [1.29, 1.82) is 0 Å². The number of aromatic nitrogens is 2. The van der Waals surface area contributed by atoms with E-state index in [0.29, 0.717) is 5.02 Å². The van der Waals surface area contributed by atoms with Crippen molar-refractivity contribution in [3.8, 4) is 0 Å². The smallest absolute Gasteiger partial charge is 0.139 e. The Balaban J connectivity index is 2.79. The maximum atomic E-state index is 6.03. The van der Waals surface area contributed by atoms with Gasteiger partial charge in [-0.1, -0.05) is 11.6 Å². The van der Waals surface area contributed by atoms with Crippen LogP contribution < -0.4 is 5.73 Å². The summed E-state index contributed by atoms with van der Waals surface area (Å²) in [5, 5.41) is 1.62. The van der Waals surface area contributed by atoms with Crippen molar-refractivity contribution in [3.63, 3.8) is 0 Å². The molecule has 0 amide bonds. The molecule has 3 nitrogen and oxygen atoms in total. The SMILES string of the molecule is C[C@@H](N)c1c[nH]c2nccc(Cl)c12. The van der Waals surface area contributed by atoms with Crippen LogP contribution in [0.1, 0.15) is 18.5 Å². The van der Waals surface area contributed by atoms with Crippen molar-refractivity contribution in [2.45, 2.75) is 13.0 Å². The number of pyridine rings is 1. The zero-order valence-corrected chi connectivity index (χ0v) is 7.97. The van der Waals surface area contributed by atoms with Crippen LogP contribution in [0.15, 0.2) is 18.5 Å². The Morgan fingerprint density at radius 1 is 1.62 bits per heavy atom. The van der Waals surface area contributed by atoms with Gasteiger partial charge in [-0.25, -0.2) is 4.98 Å². The lowest BCUT2D eigenvalue weighted by Gasteiger charge is -2.02. The van der Waals surface area contributed by atoms with Crippen molar-refractivity contribution in [3.05, 3.63) is 29.0 Å². The molecule has 0 aliphatic rings. The van der Waals surface area contributed by atoms with Gasteiger partial charge in [-0.2, -0.15) is 0 Å². The van der Waals surface area contributed by atoms with Gasteiger partial charge in [0, 0.05) is 23.8 Å². The zero-order chi connectivity index (χ0) is 9.42. The summed E-state index contributed by atoms with van der Waals surface area (Å²) in [6, 6.07) is 1.74. The molecule has 3 N–H and O–H groups in total. The minimum absolute atomic E-state index is 0.0320. The first kappa shape index (κ1) is 8.53. The number of hydrogen-bond acceptors (Lipinski definition) is 2. The molecule has 0 aliphatic carbocycles. The van der Waals surface area contributed by atoms with Gasteiger partial charge >= 0.3 is 0 Å². The van der Waals surface area contributed by atoms with Crippen molar-refractivity contribution >= 4 is 22.6 Å². The largest absolute Gasteiger partial charge is 0.346 e. The molecule has 0 spiro atoms. The number of aromatic amines is 1. The van der Waals surface area contributed by atoms with Crippen LogP contribution in [0.25, 0.3) is 11.0 Å². The fraction of sp³-hybridized carbons (Fsp3) is 0.222. The van der Waals surface area contributed by atoms with Crippen LogP contribution in [-0.4, -0.2) is 9.97 Å². The predicted molar refractivity (Wildman–Crippen MR) is 53.7 cm³/mol. The molecule has 13 heavy (non-hydrogen) atoms. The van der Waals surface area contributed by atoms with Crippen LogP contribution in [0.2, 0.25) is 5.02 Å². The van der Waals surface area contributed by atoms with Crippen LogP contribution in [-0.2, 0) is 0 Å². The van der Waals surface area contributed by atoms with Gasteiger partial charge in [0.15, 0.2) is 0 Å². The van der Waals surface area contributed by atoms with E-state index in [-0.39, 0.29) is 6.04 Å². The van der Waals surface area contributed by atoms with Gasteiger partial charge in [0.25, 0.3) is 0 Å². The number of fused-ring (bicyclic) bond motifs is 1. The molecule has 4 heteroatoms. The average molecular weight is 196 g/mol. The Morgan fingerprint density at radius 2 is 2.38 bits per heavy atom. The molecule has 0 bridgehead atoms. The average Bonchev–Trinajstić information content (AvgIpc) is 2.49. The molecule has 2 aromatic rings. The lowest BCUT2D eigenvalue weighted by Crippen LogP contribution is -2.03. The molecule has 0 saturated heterocycles. The number of hydrogen-bond donors (Lipinski definition) is 2. The Hall–Kier alpha value is -1.06. The molecule has 2 rings (SSSR count). The molecule has 1 atom stereocenters. The highest BCUT2D eigenvalue weighted by Gasteiger charge is 2.10. The van der Waals surface area contributed by atoms with Gasteiger partial charge in [-0.15, -0.1) is 0 Å². The zero-order valence-electron chi connectivity index (χ0n) is 7.21. The van der Waals surface area contributed by atoms with Gasteiger partial charge in [-0.05, 0) is 18.6 Å². The number of nitrogens with zero attached hydrogens (tertiary/aromatic N) is 1. The third-order valence-corrected chi connectivity index (χ3v) is 2.36. The fourth-order valence-corrected chi connectivity index (χ4v) is 1.65. The summed E-state index contributed by atoms with van der Waals surface area (Å²) < 4.78 is 0. The summed E-state index contributed by atoms with van der Waals surface area (Å²) in [5.74, 6) is 0. The second kappa shape index (κ2) is 3.01. The molecule has 0 saturated carbocycles. The highest BCUT2D eigenvalue weighted by Crippen LogP contribution is 2.27. The van der Waals surface area contributed by atoms with Crippen molar-refractivity contribution in [2.24, 2.45) is 5.73 Å². The lowest BCUT2D eigenvalue weighted by molar-refractivity contribution is 0.826. The summed E-state index contributed by atoms with van der Waals surface area (Å²) in [7, 11) is 0. The molecular formula is C9H10ClN3. The summed E-state index contributed by atoms with van der Waals surface area (Å²) in [5.41, 5.74) is 7.59. The molecule has 68 valence electrons. The van der Waals surface area contributed by atoms with E-state index in [0.717, 1.165) is 16.6 Å². The normalized spacial score (nSPS) is 13.5. The van der Waals surface area contributed by atoms with E-state index in [1.807, 2.05) is 13.1 Å². The second-order valence-corrected chi connectivity index (χ2v) is 3.46. The molecule has 0 radical (unpaired) electrons. The van der Waals surface area contributed by atoms with Crippen LogP contribution in [0, 0.1) is 0 Å². The summed E-state index contributed by atoms with van der Waals surface area (Å²) in [6.07, 6.45) is 3.53. The quantitative estimate of drug-likeness (QED) is 0.733. The minimum atomic E-state index is -0.0320. The molecule has 0 unspecified atom stereocenters. The topological polar surface area (TPSA) is 54.7 Å². The van der Waals surface area contributed by atoms with E-state index >= 15 is 0 Å². The van der Waals surface area contributed by atoms with Crippen LogP contribution >= 0.6 is 11.6 Å². The maximum Gasteiger partial charge on any atom is 0.139 e. The van der Waals surface area contributed by atoms with Gasteiger partial charge in [0.1, 0.15) is 5.65 Å². The van der Waals surface area contributed by atoms with Crippen LogP contribution in [0.5, 0.6) is 0 Å². The van der Waals surface area contributed by atoms with Crippen molar-refractivity contribution < 1.29 is 0 Å². The van der Waals surface area contributed by atoms with E-state index < -0.39 is 0 Å². The van der Waals surface area contributed by atoms with Gasteiger partial charge in [-0.3, -0.25) is 0 Å². The highest BCUT2D eigenvalue weighted by atomic mass is 35.5. The summed E-state index contributed by atoms with van der Waals surface area (Å²) in [6.45, 7) is 1.92. The number of halogens is 1. The molecule has 0 aliphatic heterocycles. The Morgan fingerprint density at radius 3 is 3.08 bits per heavy atom. The Labute approximate surface area is 80.9 Å². The van der Waals surface area contributed by atoms with Gasteiger partial charge in [0.2, 0.25) is 0 Å². The lowest BCUT2D eigenvalue weighted by atomic mass is 10.1. The monoisotopic (exact) mass is 195 g/mol. The van der Waals surface area contributed by atoms with Crippen molar-refractivity contribution in [1.82, 2.24) is 9.97 Å². The predicted octanol–water partition coefficient (Wildman–Crippen LogP) is 2.24. The Kier molecular flexibility index (Phi) is 1.98. The molecule has 2 heterocycles. The molecule has 2 aromatic heterocycles. The van der Waals surface area contributed by atoms with E-state index in [2.05, 4.69) is 9.97 Å². The number of H-pyrrole nitrogens is 1. The third kappa shape index (κ3) is 1.30. The third-order valence-electron chi connectivity index (χ3n) is 2.04. The number of nitrogens with one attached hydrogen (secondary N) is 1. The second-order valence-electron chi connectivity index (χ2n) is 3.05. The van der Waals surface area contributed by atoms with Crippen LogP contribution in [0.3, 0.4) is 0 Å². The molecular weight excluding hydrogens is 186 g/mol. The highest BCUT2D eigenvalue weighted by molar-refractivity contribution is 6.35. The Bertz CT molecular complexity index is 433. The first-order valence-corrected chi connectivity index (χ1v) is 4.45. The first-order valence-electron chi connectivity index (χ1n) is 4.07. The van der Waals surface area contributed by atoms with E-state index in [4.69, 9.17) is 17.3 Å². The first-order chi connectivity index (χ1) is 6.20. The standard InChI is InChI=1S/C9H10ClN3/c1-5(11)6-4-13-9-8(6)7(10)2-3-12-9/h2-5H,11H2,1H3,(H,12,13)/t5-/m1/s1. The molecule has 0 fully saturated rings. The minimum Gasteiger partial charge on any atom is -0.346 e.